The lowest BCUT2D eigenvalue weighted by Gasteiger charge is -2.08. The predicted octanol–water partition coefficient (Wildman–Crippen LogP) is 1.66. The summed E-state index contributed by atoms with van der Waals surface area (Å²) in [5.74, 6) is -1.19. The van der Waals surface area contributed by atoms with Crippen LogP contribution >= 0.6 is 0 Å². The van der Waals surface area contributed by atoms with E-state index in [1.807, 2.05) is 0 Å². The Hall–Kier alpha value is -1.30. The highest BCUT2D eigenvalue weighted by Crippen LogP contribution is 2.28. The topological polar surface area (TPSA) is 42.4 Å². The first-order valence-electron chi connectivity index (χ1n) is 3.72. The molecular formula is C8H8F3NO2. The quantitative estimate of drug-likeness (QED) is 0.819. The Morgan fingerprint density at radius 1 is 1.57 bits per heavy atom. The van der Waals surface area contributed by atoms with Gasteiger partial charge in [0.1, 0.15) is 17.1 Å². The summed E-state index contributed by atoms with van der Waals surface area (Å²) < 4.78 is 42.1. The first kappa shape index (κ1) is 10.8. The Bertz CT molecular complexity index is 331. The van der Waals surface area contributed by atoms with Gasteiger partial charge < -0.3 is 9.84 Å². The number of aliphatic hydroxyl groups excluding tert-OH is 1. The molecule has 0 saturated carbocycles. The van der Waals surface area contributed by atoms with E-state index in [1.54, 1.807) is 0 Å². The second-order valence-corrected chi connectivity index (χ2v) is 2.46. The van der Waals surface area contributed by atoms with Crippen molar-refractivity contribution >= 4 is 0 Å². The maximum atomic E-state index is 12.9. The number of nitrogens with zero attached hydrogens (tertiary/aromatic N) is 1. The van der Waals surface area contributed by atoms with E-state index in [4.69, 9.17) is 5.11 Å². The second-order valence-electron chi connectivity index (χ2n) is 2.46. The van der Waals surface area contributed by atoms with Crippen LogP contribution in [-0.2, 0) is 6.61 Å². The lowest BCUT2D eigenvalue weighted by molar-refractivity contribution is 0.140. The minimum Gasteiger partial charge on any atom is -0.495 e. The van der Waals surface area contributed by atoms with Gasteiger partial charge in [0.2, 0.25) is 0 Å². The lowest BCUT2D eigenvalue weighted by Crippen LogP contribution is -2.03. The van der Waals surface area contributed by atoms with Gasteiger partial charge in [0.15, 0.2) is 5.82 Å². The standard InChI is InChI=1S/C8H8F3NO2/c1-14-6-2-4(9)5(3-13)12-7(6)8(10)11/h2,8,13H,3H2,1H3. The molecule has 0 aliphatic carbocycles. The number of methoxy groups -OCH3 is 1. The number of pyridine rings is 1. The van der Waals surface area contributed by atoms with E-state index < -0.39 is 30.2 Å². The van der Waals surface area contributed by atoms with Gasteiger partial charge in [-0.05, 0) is 0 Å². The number of aliphatic hydroxyl groups is 1. The molecule has 0 unspecified atom stereocenters. The number of hydrogen-bond donors (Lipinski definition) is 1. The van der Waals surface area contributed by atoms with Crippen LogP contribution in [0.15, 0.2) is 6.07 Å². The zero-order chi connectivity index (χ0) is 10.7. The van der Waals surface area contributed by atoms with Crippen molar-refractivity contribution in [2.45, 2.75) is 13.0 Å². The molecule has 1 aromatic rings. The summed E-state index contributed by atoms with van der Waals surface area (Å²) in [5.41, 5.74) is -1.08. The Kier molecular flexibility index (Phi) is 3.29. The zero-order valence-electron chi connectivity index (χ0n) is 7.30. The molecule has 1 heterocycles. The second kappa shape index (κ2) is 4.28. The van der Waals surface area contributed by atoms with Crippen molar-refractivity contribution < 1.29 is 23.0 Å². The summed E-state index contributed by atoms with van der Waals surface area (Å²) in [6, 6.07) is 0.778. The molecule has 78 valence electrons. The molecule has 0 aliphatic rings. The predicted molar refractivity (Wildman–Crippen MR) is 41.6 cm³/mol. The van der Waals surface area contributed by atoms with Crippen LogP contribution in [0.25, 0.3) is 0 Å². The molecule has 0 amide bonds. The summed E-state index contributed by atoms with van der Waals surface area (Å²) in [7, 11) is 1.14. The van der Waals surface area contributed by atoms with Gasteiger partial charge in [-0.1, -0.05) is 0 Å². The Morgan fingerprint density at radius 3 is 2.64 bits per heavy atom. The van der Waals surface area contributed by atoms with Gasteiger partial charge in [0.05, 0.1) is 13.7 Å². The van der Waals surface area contributed by atoms with Crippen LogP contribution in [0, 0.1) is 5.82 Å². The van der Waals surface area contributed by atoms with Crippen molar-refractivity contribution in [2.24, 2.45) is 0 Å². The molecule has 1 N–H and O–H groups in total. The van der Waals surface area contributed by atoms with Gasteiger partial charge in [-0.15, -0.1) is 0 Å². The maximum absolute atomic E-state index is 12.9. The summed E-state index contributed by atoms with van der Waals surface area (Å²) >= 11 is 0. The van der Waals surface area contributed by atoms with Crippen molar-refractivity contribution in [1.82, 2.24) is 4.98 Å². The highest BCUT2D eigenvalue weighted by atomic mass is 19.3. The fourth-order valence-corrected chi connectivity index (χ4v) is 0.957. The van der Waals surface area contributed by atoms with Gasteiger partial charge >= 0.3 is 0 Å². The first-order valence-corrected chi connectivity index (χ1v) is 3.72. The first-order chi connectivity index (χ1) is 6.60. The normalized spacial score (nSPS) is 10.7. The van der Waals surface area contributed by atoms with Gasteiger partial charge in [-0.2, -0.15) is 0 Å². The number of aromatic nitrogens is 1. The van der Waals surface area contributed by atoms with E-state index in [2.05, 4.69) is 9.72 Å². The van der Waals surface area contributed by atoms with E-state index in [0.717, 1.165) is 13.2 Å². The highest BCUT2D eigenvalue weighted by molar-refractivity contribution is 5.31. The smallest absolute Gasteiger partial charge is 0.284 e. The van der Waals surface area contributed by atoms with Gasteiger partial charge in [0, 0.05) is 6.07 Å². The highest BCUT2D eigenvalue weighted by Gasteiger charge is 2.19. The number of alkyl halides is 2. The van der Waals surface area contributed by atoms with Crippen LogP contribution < -0.4 is 4.74 Å². The average Bonchev–Trinajstić information content (AvgIpc) is 2.16. The monoisotopic (exact) mass is 207 g/mol. The Balaban J connectivity index is 3.25. The van der Waals surface area contributed by atoms with E-state index in [-0.39, 0.29) is 5.75 Å². The molecular weight excluding hydrogens is 199 g/mol. The minimum absolute atomic E-state index is 0.324. The molecule has 3 nitrogen and oxygen atoms in total. The molecule has 1 aromatic heterocycles. The number of halogens is 3. The van der Waals surface area contributed by atoms with E-state index in [9.17, 15) is 13.2 Å². The molecule has 0 spiro atoms. The third kappa shape index (κ3) is 1.95. The Labute approximate surface area is 78.2 Å². The van der Waals surface area contributed by atoms with Crippen LogP contribution in [0.2, 0.25) is 0 Å². The largest absolute Gasteiger partial charge is 0.495 e. The van der Waals surface area contributed by atoms with Crippen LogP contribution in [0.4, 0.5) is 13.2 Å². The zero-order valence-corrected chi connectivity index (χ0v) is 7.30. The number of ether oxygens (including phenoxy) is 1. The van der Waals surface area contributed by atoms with E-state index in [1.165, 1.54) is 0 Å². The summed E-state index contributed by atoms with van der Waals surface area (Å²) in [4.78, 5) is 3.26. The summed E-state index contributed by atoms with van der Waals surface area (Å²) in [6.07, 6.45) is -2.86. The van der Waals surface area contributed by atoms with Crippen LogP contribution in [-0.4, -0.2) is 17.2 Å². The summed E-state index contributed by atoms with van der Waals surface area (Å²) in [6.45, 7) is -0.727. The average molecular weight is 207 g/mol. The van der Waals surface area contributed by atoms with Crippen LogP contribution in [0.3, 0.4) is 0 Å². The molecule has 14 heavy (non-hydrogen) atoms. The number of rotatable bonds is 3. The van der Waals surface area contributed by atoms with E-state index >= 15 is 0 Å². The van der Waals surface area contributed by atoms with Gasteiger partial charge in [0.25, 0.3) is 6.43 Å². The van der Waals surface area contributed by atoms with Crippen molar-refractivity contribution in [3.8, 4) is 5.75 Å². The molecule has 0 fully saturated rings. The molecule has 0 aromatic carbocycles. The van der Waals surface area contributed by atoms with Gasteiger partial charge in [-0.25, -0.2) is 18.2 Å². The molecule has 1 rings (SSSR count). The minimum atomic E-state index is -2.86. The molecule has 6 heteroatoms. The van der Waals surface area contributed by atoms with Crippen LogP contribution in [0.1, 0.15) is 17.8 Å². The Morgan fingerprint density at radius 2 is 2.21 bits per heavy atom. The molecule has 0 radical (unpaired) electrons. The van der Waals surface area contributed by atoms with Crippen molar-refractivity contribution in [3.63, 3.8) is 0 Å². The van der Waals surface area contributed by atoms with Crippen molar-refractivity contribution in [2.75, 3.05) is 7.11 Å². The fraction of sp³-hybridized carbons (Fsp3) is 0.375. The third-order valence-electron chi connectivity index (χ3n) is 1.62. The molecule has 0 bridgehead atoms. The molecule has 0 atom stereocenters. The SMILES string of the molecule is COc1cc(F)c(CO)nc1C(F)F. The number of hydrogen-bond acceptors (Lipinski definition) is 3. The maximum Gasteiger partial charge on any atom is 0.284 e. The van der Waals surface area contributed by atoms with Crippen LogP contribution in [0.5, 0.6) is 5.75 Å². The van der Waals surface area contributed by atoms with Gasteiger partial charge in [-0.3, -0.25) is 0 Å². The van der Waals surface area contributed by atoms with Crippen molar-refractivity contribution in [3.05, 3.63) is 23.3 Å². The lowest BCUT2D eigenvalue weighted by atomic mass is 10.2. The van der Waals surface area contributed by atoms with E-state index in [0.29, 0.717) is 0 Å². The van der Waals surface area contributed by atoms with Crippen molar-refractivity contribution in [1.29, 1.82) is 0 Å². The molecule has 0 aliphatic heterocycles. The fourth-order valence-electron chi connectivity index (χ4n) is 0.957. The molecule has 0 saturated heterocycles. The third-order valence-corrected chi connectivity index (χ3v) is 1.62. The summed E-state index contributed by atoms with van der Waals surface area (Å²) in [5, 5.41) is 8.60.